The first-order valence-corrected chi connectivity index (χ1v) is 7.18. The third-order valence-electron chi connectivity index (χ3n) is 4.08. The number of benzene rings is 1. The maximum Gasteiger partial charge on any atom is 0.237 e. The Morgan fingerprint density at radius 2 is 2.11 bits per heavy atom. The lowest BCUT2D eigenvalue weighted by Crippen LogP contribution is -2.44. The Labute approximate surface area is 115 Å². The van der Waals surface area contributed by atoms with E-state index in [2.05, 4.69) is 28.1 Å². The van der Waals surface area contributed by atoms with Crippen molar-refractivity contribution >= 4 is 27.5 Å². The number of hydrogen-bond donors (Lipinski definition) is 0. The molecule has 1 aromatic rings. The van der Waals surface area contributed by atoms with Crippen molar-refractivity contribution in [2.45, 2.75) is 25.2 Å². The number of carbonyl (C=O) groups is 1. The molecule has 3 nitrogen and oxygen atoms in total. The topological polar surface area (TPSA) is 29.5 Å². The minimum Gasteiger partial charge on any atom is -0.381 e. The Morgan fingerprint density at radius 1 is 1.39 bits per heavy atom. The molecule has 3 rings (SSSR count). The standard InChI is InChI=1S/C14H16BrNO2/c1-2-16-12-9-10(15)3-4-11(12)14(13(16)17)5-7-18-8-6-14/h3-4,9H,2,5-8H2,1H3. The summed E-state index contributed by atoms with van der Waals surface area (Å²) in [7, 11) is 0. The number of anilines is 1. The van der Waals surface area contributed by atoms with E-state index in [1.807, 2.05) is 17.9 Å². The summed E-state index contributed by atoms with van der Waals surface area (Å²) < 4.78 is 6.46. The lowest BCUT2D eigenvalue weighted by molar-refractivity contribution is -0.126. The molecule has 1 saturated heterocycles. The SMILES string of the molecule is CCN1C(=O)C2(CCOCC2)c2ccc(Br)cc21. The normalized spacial score (nSPS) is 21.4. The van der Waals surface area contributed by atoms with Gasteiger partial charge in [-0.1, -0.05) is 22.0 Å². The van der Waals surface area contributed by atoms with Crippen molar-refractivity contribution in [2.75, 3.05) is 24.7 Å². The van der Waals surface area contributed by atoms with Crippen molar-refractivity contribution in [1.29, 1.82) is 0 Å². The second kappa shape index (κ2) is 4.35. The van der Waals surface area contributed by atoms with Crippen molar-refractivity contribution in [3.8, 4) is 0 Å². The zero-order chi connectivity index (χ0) is 12.8. The Kier molecular flexibility index (Phi) is 2.94. The Morgan fingerprint density at radius 3 is 2.78 bits per heavy atom. The molecule has 1 spiro atoms. The molecule has 0 radical (unpaired) electrons. The fraction of sp³-hybridized carbons (Fsp3) is 0.500. The van der Waals surface area contributed by atoms with Gasteiger partial charge in [-0.3, -0.25) is 4.79 Å². The molecule has 96 valence electrons. The van der Waals surface area contributed by atoms with Crippen LogP contribution in [0.2, 0.25) is 0 Å². The van der Waals surface area contributed by atoms with Gasteiger partial charge < -0.3 is 9.64 Å². The average Bonchev–Trinajstić information content (AvgIpc) is 2.60. The lowest BCUT2D eigenvalue weighted by atomic mass is 9.75. The minimum absolute atomic E-state index is 0.251. The zero-order valence-electron chi connectivity index (χ0n) is 10.4. The summed E-state index contributed by atoms with van der Waals surface area (Å²) in [6, 6.07) is 6.18. The van der Waals surface area contributed by atoms with Gasteiger partial charge in [0.05, 0.1) is 5.41 Å². The van der Waals surface area contributed by atoms with Crippen LogP contribution in [0.1, 0.15) is 25.3 Å². The summed E-state index contributed by atoms with van der Waals surface area (Å²) >= 11 is 3.49. The fourth-order valence-corrected chi connectivity index (χ4v) is 3.48. The van der Waals surface area contributed by atoms with E-state index in [0.29, 0.717) is 13.2 Å². The van der Waals surface area contributed by atoms with Crippen LogP contribution in [0.15, 0.2) is 22.7 Å². The summed E-state index contributed by atoms with van der Waals surface area (Å²) in [5.74, 6) is 0.251. The first-order chi connectivity index (χ1) is 8.69. The average molecular weight is 310 g/mol. The van der Waals surface area contributed by atoms with E-state index in [1.165, 1.54) is 5.56 Å². The molecule has 2 heterocycles. The second-order valence-electron chi connectivity index (χ2n) is 4.91. The Balaban J connectivity index is 2.15. The van der Waals surface area contributed by atoms with Gasteiger partial charge >= 0.3 is 0 Å². The number of fused-ring (bicyclic) bond motifs is 2. The van der Waals surface area contributed by atoms with Gasteiger partial charge in [0, 0.05) is 29.9 Å². The highest BCUT2D eigenvalue weighted by Crippen LogP contribution is 2.48. The highest BCUT2D eigenvalue weighted by molar-refractivity contribution is 9.10. The number of amides is 1. The minimum atomic E-state index is -0.329. The molecule has 2 aliphatic heterocycles. The second-order valence-corrected chi connectivity index (χ2v) is 5.82. The molecule has 0 aromatic heterocycles. The summed E-state index contributed by atoms with van der Waals surface area (Å²) in [6.07, 6.45) is 1.61. The van der Waals surface area contributed by atoms with E-state index in [9.17, 15) is 4.79 Å². The van der Waals surface area contributed by atoms with Gasteiger partial charge in [0.25, 0.3) is 0 Å². The van der Waals surface area contributed by atoms with Gasteiger partial charge in [-0.2, -0.15) is 0 Å². The van der Waals surface area contributed by atoms with Crippen molar-refractivity contribution in [1.82, 2.24) is 0 Å². The van der Waals surface area contributed by atoms with E-state index < -0.39 is 0 Å². The van der Waals surface area contributed by atoms with E-state index in [0.717, 1.165) is 29.5 Å². The van der Waals surface area contributed by atoms with Crippen LogP contribution in [0.4, 0.5) is 5.69 Å². The molecule has 1 aromatic carbocycles. The summed E-state index contributed by atoms with van der Waals surface area (Å²) in [5, 5.41) is 0. The predicted molar refractivity (Wildman–Crippen MR) is 73.9 cm³/mol. The predicted octanol–water partition coefficient (Wildman–Crippen LogP) is 2.86. The van der Waals surface area contributed by atoms with Crippen LogP contribution in [0.5, 0.6) is 0 Å². The lowest BCUT2D eigenvalue weighted by Gasteiger charge is -2.32. The molecule has 0 bridgehead atoms. The number of halogens is 1. The molecule has 1 fully saturated rings. The molecule has 0 aliphatic carbocycles. The number of nitrogens with zero attached hydrogens (tertiary/aromatic N) is 1. The van der Waals surface area contributed by atoms with Crippen LogP contribution >= 0.6 is 15.9 Å². The largest absolute Gasteiger partial charge is 0.381 e. The number of hydrogen-bond acceptors (Lipinski definition) is 2. The van der Waals surface area contributed by atoms with Crippen LogP contribution in [0.25, 0.3) is 0 Å². The first-order valence-electron chi connectivity index (χ1n) is 6.39. The molecule has 18 heavy (non-hydrogen) atoms. The van der Waals surface area contributed by atoms with E-state index >= 15 is 0 Å². The molecular weight excluding hydrogens is 294 g/mol. The molecule has 0 atom stereocenters. The van der Waals surface area contributed by atoms with Crippen LogP contribution in [0, 0.1) is 0 Å². The Bertz CT molecular complexity index is 495. The third kappa shape index (κ3) is 1.55. The van der Waals surface area contributed by atoms with Crippen molar-refractivity contribution in [2.24, 2.45) is 0 Å². The molecule has 0 saturated carbocycles. The number of rotatable bonds is 1. The maximum atomic E-state index is 12.7. The van der Waals surface area contributed by atoms with Crippen molar-refractivity contribution in [3.05, 3.63) is 28.2 Å². The van der Waals surface area contributed by atoms with E-state index in [-0.39, 0.29) is 11.3 Å². The van der Waals surface area contributed by atoms with Crippen molar-refractivity contribution < 1.29 is 9.53 Å². The quantitative estimate of drug-likeness (QED) is 0.798. The van der Waals surface area contributed by atoms with Gasteiger partial charge in [0.15, 0.2) is 0 Å². The van der Waals surface area contributed by atoms with Crippen molar-refractivity contribution in [3.63, 3.8) is 0 Å². The summed E-state index contributed by atoms with van der Waals surface area (Å²) in [6.45, 7) is 4.11. The number of ether oxygens (including phenoxy) is 1. The highest BCUT2D eigenvalue weighted by Gasteiger charge is 2.50. The molecule has 0 unspecified atom stereocenters. The van der Waals surface area contributed by atoms with Crippen LogP contribution in [-0.2, 0) is 14.9 Å². The van der Waals surface area contributed by atoms with Crippen LogP contribution < -0.4 is 4.90 Å². The van der Waals surface area contributed by atoms with Crippen LogP contribution in [-0.4, -0.2) is 25.7 Å². The summed E-state index contributed by atoms with van der Waals surface area (Å²) in [4.78, 5) is 14.6. The highest BCUT2D eigenvalue weighted by atomic mass is 79.9. The number of likely N-dealkylation sites (N-methyl/N-ethyl adjacent to an activating group) is 1. The van der Waals surface area contributed by atoms with E-state index in [4.69, 9.17) is 4.74 Å². The van der Waals surface area contributed by atoms with Gasteiger partial charge in [0.1, 0.15) is 0 Å². The fourth-order valence-electron chi connectivity index (χ4n) is 3.13. The zero-order valence-corrected chi connectivity index (χ0v) is 12.0. The summed E-state index contributed by atoms with van der Waals surface area (Å²) in [5.41, 5.74) is 1.92. The van der Waals surface area contributed by atoms with Gasteiger partial charge in [-0.25, -0.2) is 0 Å². The molecular formula is C14H16BrNO2. The van der Waals surface area contributed by atoms with Gasteiger partial charge in [-0.15, -0.1) is 0 Å². The van der Waals surface area contributed by atoms with E-state index in [1.54, 1.807) is 0 Å². The van der Waals surface area contributed by atoms with Crippen LogP contribution in [0.3, 0.4) is 0 Å². The molecule has 2 aliphatic rings. The maximum absolute atomic E-state index is 12.7. The Hall–Kier alpha value is -0.870. The molecule has 0 N–H and O–H groups in total. The molecule has 1 amide bonds. The monoisotopic (exact) mass is 309 g/mol. The smallest absolute Gasteiger partial charge is 0.237 e. The molecule has 4 heteroatoms. The van der Waals surface area contributed by atoms with Gasteiger partial charge in [0.2, 0.25) is 5.91 Å². The first kappa shape index (κ1) is 12.2. The number of carbonyl (C=O) groups excluding carboxylic acids is 1. The third-order valence-corrected chi connectivity index (χ3v) is 4.58. The van der Waals surface area contributed by atoms with Gasteiger partial charge in [-0.05, 0) is 37.5 Å².